The van der Waals surface area contributed by atoms with E-state index in [0.29, 0.717) is 16.8 Å². The standard InChI is InChI=1S/C7H12ClN5O2S/c1-10-7-12-4-5(8)6(13-7)11-2-3-16(9,14)15/h4H,2-3H2,1H3,(H2,9,14,15)(H2,10,11,12,13). The van der Waals surface area contributed by atoms with Gasteiger partial charge in [0.05, 0.1) is 11.9 Å². The Morgan fingerprint density at radius 3 is 2.81 bits per heavy atom. The molecule has 0 spiro atoms. The van der Waals surface area contributed by atoms with Crippen molar-refractivity contribution in [2.45, 2.75) is 0 Å². The minimum atomic E-state index is -3.49. The van der Waals surface area contributed by atoms with Gasteiger partial charge in [-0.15, -0.1) is 0 Å². The van der Waals surface area contributed by atoms with Crippen molar-refractivity contribution in [3.8, 4) is 0 Å². The lowest BCUT2D eigenvalue weighted by Gasteiger charge is -2.07. The van der Waals surface area contributed by atoms with Crippen LogP contribution in [0.25, 0.3) is 0 Å². The van der Waals surface area contributed by atoms with E-state index in [1.165, 1.54) is 6.20 Å². The fourth-order valence-electron chi connectivity index (χ4n) is 0.923. The van der Waals surface area contributed by atoms with E-state index in [1.807, 2.05) is 0 Å². The summed E-state index contributed by atoms with van der Waals surface area (Å²) in [5.41, 5.74) is 0. The van der Waals surface area contributed by atoms with Crippen LogP contribution in [0.4, 0.5) is 11.8 Å². The second-order valence-corrected chi connectivity index (χ2v) is 5.08. The highest BCUT2D eigenvalue weighted by atomic mass is 35.5. The Balaban J connectivity index is 2.66. The fourth-order valence-corrected chi connectivity index (χ4v) is 1.47. The molecule has 7 nitrogen and oxygen atoms in total. The third kappa shape index (κ3) is 4.17. The molecule has 9 heteroatoms. The Hall–Kier alpha value is -1.12. The van der Waals surface area contributed by atoms with E-state index >= 15 is 0 Å². The zero-order valence-corrected chi connectivity index (χ0v) is 10.1. The number of nitrogens with zero attached hydrogens (tertiary/aromatic N) is 2. The van der Waals surface area contributed by atoms with Gasteiger partial charge in [0, 0.05) is 13.6 Å². The topological polar surface area (TPSA) is 110 Å². The molecule has 0 aliphatic heterocycles. The van der Waals surface area contributed by atoms with Crippen LogP contribution >= 0.6 is 11.6 Å². The van der Waals surface area contributed by atoms with Gasteiger partial charge in [-0.2, -0.15) is 4.98 Å². The molecule has 1 aromatic heterocycles. The van der Waals surface area contributed by atoms with Crippen molar-refractivity contribution in [2.24, 2.45) is 5.14 Å². The van der Waals surface area contributed by atoms with Crippen LogP contribution in [0.15, 0.2) is 6.20 Å². The Kier molecular flexibility index (Phi) is 4.27. The largest absolute Gasteiger partial charge is 0.368 e. The molecule has 1 rings (SSSR count). The van der Waals surface area contributed by atoms with Gasteiger partial charge in [0.25, 0.3) is 0 Å². The van der Waals surface area contributed by atoms with Gasteiger partial charge >= 0.3 is 0 Å². The molecule has 4 N–H and O–H groups in total. The minimum Gasteiger partial charge on any atom is -0.368 e. The molecule has 0 aliphatic carbocycles. The molecule has 1 heterocycles. The molecule has 0 aliphatic rings. The number of sulfonamides is 1. The molecule has 16 heavy (non-hydrogen) atoms. The number of hydrogen-bond donors (Lipinski definition) is 3. The van der Waals surface area contributed by atoms with Crippen LogP contribution in [0.3, 0.4) is 0 Å². The van der Waals surface area contributed by atoms with Gasteiger partial charge in [0.2, 0.25) is 16.0 Å². The maximum Gasteiger partial charge on any atom is 0.224 e. The summed E-state index contributed by atoms with van der Waals surface area (Å²) in [6.07, 6.45) is 1.42. The Morgan fingerprint density at radius 1 is 1.56 bits per heavy atom. The van der Waals surface area contributed by atoms with Gasteiger partial charge in [-0.05, 0) is 0 Å². The van der Waals surface area contributed by atoms with Crippen LogP contribution in [0, 0.1) is 0 Å². The van der Waals surface area contributed by atoms with E-state index in [1.54, 1.807) is 7.05 Å². The summed E-state index contributed by atoms with van der Waals surface area (Å²) in [5.74, 6) is 0.564. The van der Waals surface area contributed by atoms with Crippen LogP contribution < -0.4 is 15.8 Å². The van der Waals surface area contributed by atoms with Gasteiger partial charge in [-0.25, -0.2) is 18.5 Å². The first kappa shape index (κ1) is 12.9. The van der Waals surface area contributed by atoms with Crippen molar-refractivity contribution in [3.05, 3.63) is 11.2 Å². The first-order valence-corrected chi connectivity index (χ1v) is 6.46. The number of primary sulfonamides is 1. The van der Waals surface area contributed by atoms with Gasteiger partial charge in [0.15, 0.2) is 5.82 Å². The third-order valence-corrected chi connectivity index (χ3v) is 2.70. The van der Waals surface area contributed by atoms with Crippen molar-refractivity contribution in [1.29, 1.82) is 0 Å². The van der Waals surface area contributed by atoms with Gasteiger partial charge in [-0.3, -0.25) is 0 Å². The zero-order valence-electron chi connectivity index (χ0n) is 8.57. The predicted octanol–water partition coefficient (Wildman–Crippen LogP) is -0.128. The molecule has 0 aromatic carbocycles. The van der Waals surface area contributed by atoms with Crippen molar-refractivity contribution >= 4 is 33.4 Å². The maximum atomic E-state index is 10.7. The average molecular weight is 266 g/mol. The number of hydrogen-bond acceptors (Lipinski definition) is 6. The number of halogens is 1. The normalized spacial score (nSPS) is 11.2. The van der Waals surface area contributed by atoms with Crippen LogP contribution in [-0.4, -0.2) is 37.7 Å². The lowest BCUT2D eigenvalue weighted by atomic mass is 10.5. The van der Waals surface area contributed by atoms with Crippen LogP contribution in [0.2, 0.25) is 5.02 Å². The van der Waals surface area contributed by atoms with Gasteiger partial charge < -0.3 is 10.6 Å². The summed E-state index contributed by atoms with van der Waals surface area (Å²) in [4.78, 5) is 7.89. The van der Waals surface area contributed by atoms with E-state index in [-0.39, 0.29) is 12.3 Å². The molecule has 0 unspecified atom stereocenters. The second-order valence-electron chi connectivity index (χ2n) is 2.93. The monoisotopic (exact) mass is 265 g/mol. The smallest absolute Gasteiger partial charge is 0.224 e. The SMILES string of the molecule is CNc1ncc(Cl)c(NCCS(N)(=O)=O)n1. The Labute approximate surface area is 98.5 Å². The van der Waals surface area contributed by atoms with Gasteiger partial charge in [-0.1, -0.05) is 11.6 Å². The molecule has 0 fully saturated rings. The highest BCUT2D eigenvalue weighted by Gasteiger charge is 2.06. The van der Waals surface area contributed by atoms with Crippen molar-refractivity contribution in [3.63, 3.8) is 0 Å². The molecule has 0 saturated heterocycles. The predicted molar refractivity (Wildman–Crippen MR) is 63.1 cm³/mol. The number of aromatic nitrogens is 2. The molecule has 0 bridgehead atoms. The van der Waals surface area contributed by atoms with E-state index in [2.05, 4.69) is 20.6 Å². The first-order valence-electron chi connectivity index (χ1n) is 4.37. The highest BCUT2D eigenvalue weighted by molar-refractivity contribution is 7.89. The first-order chi connectivity index (χ1) is 7.42. The number of nitrogens with one attached hydrogen (secondary N) is 2. The molecular weight excluding hydrogens is 254 g/mol. The van der Waals surface area contributed by atoms with E-state index in [0.717, 1.165) is 0 Å². The Bertz CT molecular complexity index is 464. The third-order valence-electron chi connectivity index (χ3n) is 1.65. The summed E-state index contributed by atoms with van der Waals surface area (Å²) in [7, 11) is -1.82. The lowest BCUT2D eigenvalue weighted by molar-refractivity contribution is 0.598. The number of rotatable bonds is 5. The van der Waals surface area contributed by atoms with E-state index in [9.17, 15) is 8.42 Å². The number of anilines is 2. The summed E-state index contributed by atoms with van der Waals surface area (Å²) in [5, 5.41) is 10.7. The van der Waals surface area contributed by atoms with Gasteiger partial charge in [0.1, 0.15) is 5.02 Å². The quantitative estimate of drug-likeness (QED) is 0.684. The van der Waals surface area contributed by atoms with Crippen LogP contribution in [0.1, 0.15) is 0 Å². The van der Waals surface area contributed by atoms with Crippen LogP contribution in [0.5, 0.6) is 0 Å². The van der Waals surface area contributed by atoms with Crippen molar-refractivity contribution < 1.29 is 8.42 Å². The summed E-state index contributed by atoms with van der Waals surface area (Å²) in [6, 6.07) is 0. The van der Waals surface area contributed by atoms with Crippen LogP contribution in [-0.2, 0) is 10.0 Å². The highest BCUT2D eigenvalue weighted by Crippen LogP contribution is 2.18. The average Bonchev–Trinajstić information content (AvgIpc) is 2.19. The molecule has 90 valence electrons. The second kappa shape index (κ2) is 5.28. The number of nitrogens with two attached hydrogens (primary N) is 1. The molecule has 0 amide bonds. The molecule has 1 aromatic rings. The lowest BCUT2D eigenvalue weighted by Crippen LogP contribution is -2.22. The molecule has 0 saturated carbocycles. The summed E-state index contributed by atoms with van der Waals surface area (Å²) >= 11 is 5.81. The zero-order chi connectivity index (χ0) is 12.2. The van der Waals surface area contributed by atoms with Crippen molar-refractivity contribution in [2.75, 3.05) is 30.0 Å². The fraction of sp³-hybridized carbons (Fsp3) is 0.429. The molecular formula is C7H12ClN5O2S. The Morgan fingerprint density at radius 2 is 2.25 bits per heavy atom. The summed E-state index contributed by atoms with van der Waals surface area (Å²) in [6.45, 7) is 0.138. The molecule has 0 radical (unpaired) electrons. The summed E-state index contributed by atoms with van der Waals surface area (Å²) < 4.78 is 21.4. The molecule has 0 atom stereocenters. The van der Waals surface area contributed by atoms with E-state index in [4.69, 9.17) is 16.7 Å². The van der Waals surface area contributed by atoms with Crippen molar-refractivity contribution in [1.82, 2.24) is 9.97 Å². The van der Waals surface area contributed by atoms with E-state index < -0.39 is 10.0 Å². The maximum absolute atomic E-state index is 10.7. The minimum absolute atomic E-state index is 0.138.